The molecule has 0 bridgehead atoms. The highest BCUT2D eigenvalue weighted by atomic mass is 16.6. The molecule has 16 nitrogen and oxygen atoms in total. The van der Waals surface area contributed by atoms with Crippen molar-refractivity contribution in [1.82, 2.24) is 16.0 Å². The number of ether oxygens (including phenoxy) is 8. The maximum Gasteiger partial charge on any atom is 0.236 e. The topological polar surface area (TPSA) is 213 Å². The summed E-state index contributed by atoms with van der Waals surface area (Å²) in [6.07, 6.45) is 5.37. The molecule has 0 aliphatic heterocycles. The third-order valence-electron chi connectivity index (χ3n) is 6.61. The first kappa shape index (κ1) is 47.0. The van der Waals surface area contributed by atoms with Crippen LogP contribution in [-0.2, 0) is 52.3 Å². The molecule has 0 heterocycles. The van der Waals surface area contributed by atoms with E-state index in [9.17, 15) is 14.4 Å². The van der Waals surface area contributed by atoms with Crippen LogP contribution in [0.1, 0.15) is 58.3 Å². The molecular weight excluding hydrogens is 642 g/mol. The second-order valence-electron chi connectivity index (χ2n) is 11.0. The molecule has 1 atom stereocenters. The maximum absolute atomic E-state index is 11.9. The molecule has 0 fully saturated rings. The predicted molar refractivity (Wildman–Crippen MR) is 185 cm³/mol. The van der Waals surface area contributed by atoms with Gasteiger partial charge in [-0.1, -0.05) is 13.3 Å². The summed E-state index contributed by atoms with van der Waals surface area (Å²) in [6.45, 7) is 11.6. The zero-order valence-electron chi connectivity index (χ0n) is 30.0. The van der Waals surface area contributed by atoms with E-state index in [0.29, 0.717) is 158 Å². The first-order valence-electron chi connectivity index (χ1n) is 17.9. The molecule has 0 spiro atoms. The van der Waals surface area contributed by atoms with Gasteiger partial charge in [-0.05, 0) is 38.6 Å². The monoisotopic (exact) mass is 709 g/mol. The zero-order chi connectivity index (χ0) is 35.9. The van der Waals surface area contributed by atoms with E-state index in [2.05, 4.69) is 16.0 Å². The van der Waals surface area contributed by atoms with Crippen LogP contribution in [0.25, 0.3) is 0 Å². The highest BCUT2D eigenvalue weighted by Gasteiger charge is 2.11. The van der Waals surface area contributed by atoms with Crippen LogP contribution in [-0.4, -0.2) is 156 Å². The van der Waals surface area contributed by atoms with Crippen molar-refractivity contribution in [3.05, 3.63) is 0 Å². The van der Waals surface area contributed by atoms with Crippen molar-refractivity contribution in [2.45, 2.75) is 64.3 Å². The number of nitrogens with one attached hydrogen (secondary N) is 3. The van der Waals surface area contributed by atoms with E-state index in [1.165, 1.54) is 0 Å². The van der Waals surface area contributed by atoms with Crippen molar-refractivity contribution in [3.63, 3.8) is 0 Å². The Kier molecular flexibility index (Phi) is 37.2. The minimum Gasteiger partial charge on any atom is -0.379 e. The average Bonchev–Trinajstić information content (AvgIpc) is 3.10. The van der Waals surface area contributed by atoms with Gasteiger partial charge in [0.05, 0.1) is 98.5 Å². The molecule has 0 aliphatic carbocycles. The predicted octanol–water partition coefficient (Wildman–Crippen LogP) is -0.105. The fraction of sp³-hybridized carbons (Fsp3) is 0.909. The molecule has 0 rings (SSSR count). The van der Waals surface area contributed by atoms with Gasteiger partial charge in [0.25, 0.3) is 0 Å². The molecule has 0 aliphatic rings. The van der Waals surface area contributed by atoms with Crippen LogP contribution in [0.4, 0.5) is 0 Å². The van der Waals surface area contributed by atoms with Gasteiger partial charge in [0.1, 0.15) is 0 Å². The summed E-state index contributed by atoms with van der Waals surface area (Å²) >= 11 is 0. The van der Waals surface area contributed by atoms with Crippen molar-refractivity contribution in [3.8, 4) is 0 Å². The van der Waals surface area contributed by atoms with E-state index in [4.69, 9.17) is 49.4 Å². The quantitative estimate of drug-likeness (QED) is 0.0528. The number of carbonyl (C=O) groups excluding carboxylic acids is 3. The second kappa shape index (κ2) is 38.8. The third-order valence-corrected chi connectivity index (χ3v) is 6.61. The number of carbonyl (C=O) groups is 3. The van der Waals surface area contributed by atoms with Crippen molar-refractivity contribution in [1.29, 1.82) is 0 Å². The molecule has 0 aromatic carbocycles. The maximum atomic E-state index is 11.9. The smallest absolute Gasteiger partial charge is 0.236 e. The zero-order valence-corrected chi connectivity index (χ0v) is 30.0. The van der Waals surface area contributed by atoms with E-state index in [1.807, 2.05) is 6.92 Å². The highest BCUT2D eigenvalue weighted by molar-refractivity contribution is 5.81. The first-order valence-corrected chi connectivity index (χ1v) is 17.9. The largest absolute Gasteiger partial charge is 0.379 e. The Hall–Kier alpha value is -1.99. The summed E-state index contributed by atoms with van der Waals surface area (Å²) in [6, 6.07) is -0.483. The molecule has 0 radical (unpaired) electrons. The number of nitrogens with two attached hydrogens (primary N) is 2. The molecule has 0 saturated carbocycles. The van der Waals surface area contributed by atoms with Gasteiger partial charge in [-0.15, -0.1) is 0 Å². The minimum atomic E-state index is -0.483. The van der Waals surface area contributed by atoms with E-state index in [1.54, 1.807) is 0 Å². The summed E-state index contributed by atoms with van der Waals surface area (Å²) in [7, 11) is 0. The van der Waals surface area contributed by atoms with Gasteiger partial charge >= 0.3 is 0 Å². The van der Waals surface area contributed by atoms with E-state index < -0.39 is 6.04 Å². The molecule has 0 aromatic rings. The Bertz CT molecular complexity index is 756. The van der Waals surface area contributed by atoms with Gasteiger partial charge in [-0.25, -0.2) is 0 Å². The average molecular weight is 710 g/mol. The molecule has 0 aromatic heterocycles. The lowest BCUT2D eigenvalue weighted by Gasteiger charge is -2.12. The normalized spacial score (nSPS) is 11.8. The summed E-state index contributed by atoms with van der Waals surface area (Å²) in [5.41, 5.74) is 11.3. The molecular formula is C33H67N5O11. The minimum absolute atomic E-state index is 0.00570. The van der Waals surface area contributed by atoms with Crippen LogP contribution in [0, 0.1) is 0 Å². The van der Waals surface area contributed by atoms with E-state index >= 15 is 0 Å². The molecule has 16 heteroatoms. The summed E-state index contributed by atoms with van der Waals surface area (Å²) < 4.78 is 43.6. The Morgan fingerprint density at radius 2 is 0.857 bits per heavy atom. The Labute approximate surface area is 293 Å². The van der Waals surface area contributed by atoms with Crippen LogP contribution in [0.5, 0.6) is 0 Å². The summed E-state index contributed by atoms with van der Waals surface area (Å²) in [4.78, 5) is 35.2. The lowest BCUT2D eigenvalue weighted by atomic mass is 10.1. The molecule has 7 N–H and O–H groups in total. The number of rotatable bonds is 39. The van der Waals surface area contributed by atoms with E-state index in [-0.39, 0.29) is 24.1 Å². The molecule has 290 valence electrons. The Balaban J connectivity index is 3.25. The lowest BCUT2D eigenvalue weighted by Crippen LogP contribution is -2.41. The van der Waals surface area contributed by atoms with Gasteiger partial charge in [-0.3, -0.25) is 14.4 Å². The third kappa shape index (κ3) is 37.1. The lowest BCUT2D eigenvalue weighted by molar-refractivity contribution is -0.123. The standard InChI is InChI=1S/C33H67N5O11/c1-2-11-36-31(39)8-16-44-20-24-47-26-28-49-29-27-48-25-21-45-17-9-32(40)37-12-5-14-42-18-22-46-23-19-43-15-6-13-38-33(41)30(35)7-3-4-10-34/h30H,2-29,34-35H2,1H3,(H,36,39)(H,37,40)(H,38,41)/t30-/m0/s1. The van der Waals surface area contributed by atoms with Gasteiger partial charge in [0.2, 0.25) is 17.7 Å². The fourth-order valence-corrected chi connectivity index (χ4v) is 3.85. The summed E-state index contributed by atoms with van der Waals surface area (Å²) in [5.74, 6) is -0.192. The second-order valence-corrected chi connectivity index (χ2v) is 11.0. The molecule has 49 heavy (non-hydrogen) atoms. The number of hydrogen-bond acceptors (Lipinski definition) is 13. The van der Waals surface area contributed by atoms with Crippen LogP contribution in [0.15, 0.2) is 0 Å². The van der Waals surface area contributed by atoms with Crippen LogP contribution < -0.4 is 27.4 Å². The van der Waals surface area contributed by atoms with Crippen molar-refractivity contribution < 1.29 is 52.3 Å². The Morgan fingerprint density at radius 1 is 0.490 bits per heavy atom. The molecule has 3 amide bonds. The highest BCUT2D eigenvalue weighted by Crippen LogP contribution is 1.98. The van der Waals surface area contributed by atoms with Crippen molar-refractivity contribution in [2.75, 3.05) is 132 Å². The van der Waals surface area contributed by atoms with Gasteiger partial charge in [0, 0.05) is 45.7 Å². The number of unbranched alkanes of at least 4 members (excludes halogenated alkanes) is 1. The van der Waals surface area contributed by atoms with Gasteiger partial charge in [-0.2, -0.15) is 0 Å². The van der Waals surface area contributed by atoms with Crippen LogP contribution in [0.2, 0.25) is 0 Å². The molecule has 0 unspecified atom stereocenters. The summed E-state index contributed by atoms with van der Waals surface area (Å²) in [5, 5.41) is 8.47. The number of amides is 3. The fourth-order valence-electron chi connectivity index (χ4n) is 3.85. The van der Waals surface area contributed by atoms with Crippen LogP contribution in [0.3, 0.4) is 0 Å². The SMILES string of the molecule is CCCNC(=O)CCOCCOCCOCCOCCOCCC(=O)NCCCOCCOCCOCCCNC(=O)[C@@H](N)CCCCN. The van der Waals surface area contributed by atoms with Gasteiger partial charge < -0.3 is 65.3 Å². The van der Waals surface area contributed by atoms with Gasteiger partial charge in [0.15, 0.2) is 0 Å². The van der Waals surface area contributed by atoms with Crippen LogP contribution >= 0.6 is 0 Å². The number of hydrogen-bond donors (Lipinski definition) is 5. The van der Waals surface area contributed by atoms with Crippen molar-refractivity contribution >= 4 is 17.7 Å². The van der Waals surface area contributed by atoms with Crippen molar-refractivity contribution in [2.24, 2.45) is 11.5 Å². The van der Waals surface area contributed by atoms with E-state index in [0.717, 1.165) is 19.3 Å². The first-order chi connectivity index (χ1) is 24.0. The molecule has 0 saturated heterocycles. The Morgan fingerprint density at radius 3 is 1.27 bits per heavy atom.